The number of H-pyrrole nitrogens is 1. The zero-order chi connectivity index (χ0) is 11.9. The maximum Gasteiger partial charge on any atom is 0.138 e. The summed E-state index contributed by atoms with van der Waals surface area (Å²) in [5.41, 5.74) is 4.99. The molecule has 0 aliphatic heterocycles. The Labute approximate surface area is 106 Å². The first-order valence-corrected chi connectivity index (χ1v) is 6.75. The number of allylic oxidation sites excluding steroid dienone is 3. The third-order valence-electron chi connectivity index (χ3n) is 4.07. The highest BCUT2D eigenvalue weighted by Crippen LogP contribution is 2.32. The lowest BCUT2D eigenvalue weighted by molar-refractivity contribution is 0.728. The summed E-state index contributed by atoms with van der Waals surface area (Å²) < 4.78 is 0. The van der Waals surface area contributed by atoms with Gasteiger partial charge < -0.3 is 4.98 Å². The normalized spacial score (nSPS) is 18.7. The smallest absolute Gasteiger partial charge is 0.138 e. The van der Waals surface area contributed by atoms with Crippen LogP contribution in [0.4, 0.5) is 0 Å². The molecule has 4 rings (SSSR count). The van der Waals surface area contributed by atoms with Crippen molar-refractivity contribution in [1.82, 2.24) is 9.97 Å². The van der Waals surface area contributed by atoms with Crippen molar-refractivity contribution in [3.8, 4) is 0 Å². The first-order valence-electron chi connectivity index (χ1n) is 6.75. The van der Waals surface area contributed by atoms with Crippen LogP contribution in [0.15, 0.2) is 30.4 Å². The van der Waals surface area contributed by atoms with Crippen molar-refractivity contribution >= 4 is 17.1 Å². The summed E-state index contributed by atoms with van der Waals surface area (Å²) in [7, 11) is 0. The minimum absolute atomic E-state index is 0.588. The summed E-state index contributed by atoms with van der Waals surface area (Å²) in [5.74, 6) is 0.588. The third kappa shape index (κ3) is 1.45. The molecule has 0 saturated heterocycles. The topological polar surface area (TPSA) is 28.7 Å². The van der Waals surface area contributed by atoms with Crippen LogP contribution in [0.25, 0.3) is 17.1 Å². The summed E-state index contributed by atoms with van der Waals surface area (Å²) >= 11 is 0. The highest BCUT2D eigenvalue weighted by atomic mass is 14.9. The van der Waals surface area contributed by atoms with Crippen LogP contribution in [-0.2, 0) is 6.42 Å². The number of aromatic nitrogens is 2. The number of rotatable bonds is 1. The molecular formula is C16H16N2. The van der Waals surface area contributed by atoms with Crippen molar-refractivity contribution in [3.05, 3.63) is 47.3 Å². The van der Waals surface area contributed by atoms with Crippen LogP contribution in [0.1, 0.15) is 42.1 Å². The van der Waals surface area contributed by atoms with Crippen LogP contribution in [0.2, 0.25) is 0 Å². The number of aromatic amines is 1. The Kier molecular flexibility index (Phi) is 2.16. The van der Waals surface area contributed by atoms with Gasteiger partial charge in [-0.2, -0.15) is 0 Å². The maximum atomic E-state index is 4.83. The Bertz CT molecular complexity index is 653. The van der Waals surface area contributed by atoms with Gasteiger partial charge in [0.1, 0.15) is 5.65 Å². The monoisotopic (exact) mass is 236 g/mol. The van der Waals surface area contributed by atoms with Gasteiger partial charge in [0, 0.05) is 28.3 Å². The summed E-state index contributed by atoms with van der Waals surface area (Å²) in [4.78, 5) is 8.33. The summed E-state index contributed by atoms with van der Waals surface area (Å²) in [6, 6.07) is 4.44. The minimum atomic E-state index is 0.588. The molecule has 0 spiro atoms. The van der Waals surface area contributed by atoms with Gasteiger partial charge >= 0.3 is 0 Å². The molecule has 18 heavy (non-hydrogen) atoms. The number of nitrogens with one attached hydrogen (secondary N) is 1. The van der Waals surface area contributed by atoms with Crippen LogP contribution < -0.4 is 0 Å². The van der Waals surface area contributed by atoms with E-state index in [-0.39, 0.29) is 0 Å². The van der Waals surface area contributed by atoms with Gasteiger partial charge in [0.15, 0.2) is 0 Å². The van der Waals surface area contributed by atoms with Crippen LogP contribution >= 0.6 is 0 Å². The second-order valence-corrected chi connectivity index (χ2v) is 5.23. The second kappa shape index (κ2) is 3.84. The Balaban J connectivity index is 1.83. The van der Waals surface area contributed by atoms with Gasteiger partial charge in [0.05, 0.1) is 0 Å². The predicted molar refractivity (Wildman–Crippen MR) is 74.6 cm³/mol. The van der Waals surface area contributed by atoms with Crippen molar-refractivity contribution in [3.63, 3.8) is 0 Å². The number of hydrogen-bond donors (Lipinski definition) is 1. The first-order chi connectivity index (χ1) is 8.92. The van der Waals surface area contributed by atoms with E-state index in [1.165, 1.54) is 22.3 Å². The van der Waals surface area contributed by atoms with Crippen molar-refractivity contribution in [2.45, 2.75) is 31.6 Å². The Hall–Kier alpha value is -1.83. The van der Waals surface area contributed by atoms with Gasteiger partial charge in [-0.05, 0) is 37.8 Å². The molecule has 2 aliphatic rings. The first kappa shape index (κ1) is 10.1. The Morgan fingerprint density at radius 2 is 2.00 bits per heavy atom. The lowest BCUT2D eigenvalue weighted by Crippen LogP contribution is -1.96. The molecule has 2 aromatic heterocycles. The van der Waals surface area contributed by atoms with E-state index in [0.717, 1.165) is 31.3 Å². The molecule has 0 radical (unpaired) electrons. The zero-order valence-corrected chi connectivity index (χ0v) is 10.3. The quantitative estimate of drug-likeness (QED) is 0.746. The van der Waals surface area contributed by atoms with Crippen LogP contribution in [0.5, 0.6) is 0 Å². The van der Waals surface area contributed by atoms with E-state index in [2.05, 4.69) is 41.4 Å². The fraction of sp³-hybridized carbons (Fsp3) is 0.312. The fourth-order valence-corrected chi connectivity index (χ4v) is 3.06. The van der Waals surface area contributed by atoms with E-state index in [0.29, 0.717) is 5.92 Å². The molecule has 0 amide bonds. The zero-order valence-electron chi connectivity index (χ0n) is 10.3. The van der Waals surface area contributed by atoms with E-state index < -0.39 is 0 Å². The number of aryl methyl sites for hydroxylation is 1. The molecule has 0 atom stereocenters. The van der Waals surface area contributed by atoms with Crippen molar-refractivity contribution in [2.24, 2.45) is 0 Å². The van der Waals surface area contributed by atoms with Crippen LogP contribution in [-0.4, -0.2) is 9.97 Å². The fourth-order valence-electron chi connectivity index (χ4n) is 3.06. The molecule has 2 aliphatic carbocycles. The number of hydrogen-bond acceptors (Lipinski definition) is 1. The molecule has 0 saturated carbocycles. The van der Waals surface area contributed by atoms with Crippen LogP contribution in [0.3, 0.4) is 0 Å². The van der Waals surface area contributed by atoms with Crippen LogP contribution in [0, 0.1) is 0 Å². The molecule has 2 heteroatoms. The highest BCUT2D eigenvalue weighted by Gasteiger charge is 2.17. The average molecular weight is 236 g/mol. The lowest BCUT2D eigenvalue weighted by Gasteiger charge is -2.08. The van der Waals surface area contributed by atoms with Gasteiger partial charge in [0.2, 0.25) is 0 Å². The average Bonchev–Trinajstić information content (AvgIpc) is 3.05. The minimum Gasteiger partial charge on any atom is -0.343 e. The summed E-state index contributed by atoms with van der Waals surface area (Å²) in [6.07, 6.45) is 13.5. The predicted octanol–water partition coefficient (Wildman–Crippen LogP) is 3.96. The Morgan fingerprint density at radius 3 is 2.89 bits per heavy atom. The molecule has 1 N–H and O–H groups in total. The molecule has 0 fully saturated rings. The van der Waals surface area contributed by atoms with E-state index in [4.69, 9.17) is 4.98 Å². The number of pyridine rings is 1. The molecule has 2 aromatic rings. The van der Waals surface area contributed by atoms with Crippen molar-refractivity contribution in [2.75, 3.05) is 0 Å². The van der Waals surface area contributed by atoms with E-state index in [9.17, 15) is 0 Å². The third-order valence-corrected chi connectivity index (χ3v) is 4.07. The van der Waals surface area contributed by atoms with Gasteiger partial charge in [0.25, 0.3) is 0 Å². The van der Waals surface area contributed by atoms with Crippen molar-refractivity contribution < 1.29 is 0 Å². The van der Waals surface area contributed by atoms with E-state index in [1.54, 1.807) is 0 Å². The molecule has 90 valence electrons. The van der Waals surface area contributed by atoms with Gasteiger partial charge in [-0.3, -0.25) is 0 Å². The van der Waals surface area contributed by atoms with Crippen molar-refractivity contribution in [1.29, 1.82) is 0 Å². The number of nitrogens with zero attached hydrogens (tertiary/aromatic N) is 1. The lowest BCUT2D eigenvalue weighted by atomic mass is 10.0. The maximum absolute atomic E-state index is 4.83. The highest BCUT2D eigenvalue weighted by molar-refractivity contribution is 5.88. The molecule has 0 unspecified atom stereocenters. The van der Waals surface area contributed by atoms with Gasteiger partial charge in [-0.25, -0.2) is 4.98 Å². The SMILES string of the molecule is C1=Cc2c([nH]c3nc(C4CC=CC4)ccc23)CC1. The molecule has 2 heterocycles. The number of fused-ring (bicyclic) bond motifs is 3. The van der Waals surface area contributed by atoms with Gasteiger partial charge in [-0.1, -0.05) is 24.3 Å². The molecule has 0 aromatic carbocycles. The molecular weight excluding hydrogens is 220 g/mol. The van der Waals surface area contributed by atoms with E-state index in [1.807, 2.05) is 0 Å². The summed E-state index contributed by atoms with van der Waals surface area (Å²) in [6.45, 7) is 0. The van der Waals surface area contributed by atoms with Gasteiger partial charge in [-0.15, -0.1) is 0 Å². The Morgan fingerprint density at radius 1 is 1.11 bits per heavy atom. The standard InChI is InChI=1S/C16H16N2/c1-2-6-11(5-1)14-10-9-13-12-7-3-4-8-15(12)18-16(13)17-14/h1-3,7,9-11H,4-6,8H2,(H,17,18). The second-order valence-electron chi connectivity index (χ2n) is 5.23. The summed E-state index contributed by atoms with van der Waals surface area (Å²) in [5, 5.41) is 1.27. The largest absolute Gasteiger partial charge is 0.343 e. The molecule has 2 nitrogen and oxygen atoms in total. The van der Waals surface area contributed by atoms with E-state index >= 15 is 0 Å². The molecule has 0 bridgehead atoms.